The van der Waals surface area contributed by atoms with E-state index in [1.165, 1.54) is 0 Å². The number of hydrogen-bond acceptors (Lipinski definition) is 2. The molecule has 1 aliphatic carbocycles. The molecule has 0 aromatic carbocycles. The Balaban J connectivity index is 0.000000561. The van der Waals surface area contributed by atoms with E-state index < -0.39 is 5.97 Å². The van der Waals surface area contributed by atoms with Crippen LogP contribution in [0.4, 0.5) is 0 Å². The topological polar surface area (TPSA) is 37.3 Å². The maximum atomic E-state index is 10.5. The third kappa shape index (κ3) is 3.81. The van der Waals surface area contributed by atoms with Gasteiger partial charge in [0, 0.05) is 0 Å². The van der Waals surface area contributed by atoms with Gasteiger partial charge in [0.05, 0.1) is 5.92 Å². The fourth-order valence-electron chi connectivity index (χ4n) is 1.51. The van der Waals surface area contributed by atoms with E-state index in [-0.39, 0.29) is 5.92 Å². The van der Waals surface area contributed by atoms with E-state index in [4.69, 9.17) is 5.11 Å². The molecule has 0 radical (unpaired) electrons. The number of carbonyl (C=O) groups is 1. The van der Waals surface area contributed by atoms with E-state index in [2.05, 4.69) is 25.0 Å². The molecule has 0 atom stereocenters. The predicted octanol–water partition coefficient (Wildman–Crippen LogP) is 2.51. The van der Waals surface area contributed by atoms with E-state index >= 15 is 0 Å². The summed E-state index contributed by atoms with van der Waals surface area (Å²) in [5.41, 5.74) is 0. The number of carboxylic acid groups (broad SMARTS) is 1. The standard InChI is InChI=1S/C8H14O2.CH2S/c1-6-2-4-7(5-3-6)8(9)10;1-2/h6-7H,2-5H2,1H3,(H,9,10);1H2. The van der Waals surface area contributed by atoms with E-state index in [0.29, 0.717) is 0 Å². The molecular weight excluding hydrogens is 172 g/mol. The second kappa shape index (κ2) is 6.12. The first-order valence-corrected chi connectivity index (χ1v) is 4.79. The highest BCUT2D eigenvalue weighted by Gasteiger charge is 2.23. The molecule has 1 saturated carbocycles. The average molecular weight is 188 g/mol. The van der Waals surface area contributed by atoms with Gasteiger partial charge in [0.15, 0.2) is 0 Å². The zero-order valence-electron chi connectivity index (χ0n) is 7.45. The Morgan fingerprint density at radius 2 is 1.75 bits per heavy atom. The van der Waals surface area contributed by atoms with Gasteiger partial charge >= 0.3 is 5.97 Å². The minimum absolute atomic E-state index is 0.0452. The maximum Gasteiger partial charge on any atom is 0.306 e. The highest BCUT2D eigenvalue weighted by atomic mass is 32.1. The van der Waals surface area contributed by atoms with Gasteiger partial charge in [-0.1, -0.05) is 19.1 Å². The van der Waals surface area contributed by atoms with Gasteiger partial charge in [0.1, 0.15) is 0 Å². The Morgan fingerprint density at radius 3 is 2.08 bits per heavy atom. The molecule has 0 heterocycles. The molecule has 1 aliphatic rings. The summed E-state index contributed by atoms with van der Waals surface area (Å²) in [6.45, 7) is 2.19. The molecule has 70 valence electrons. The summed E-state index contributed by atoms with van der Waals surface area (Å²) < 4.78 is 0. The van der Waals surface area contributed by atoms with Crippen LogP contribution in [0.15, 0.2) is 0 Å². The van der Waals surface area contributed by atoms with Crippen molar-refractivity contribution in [1.29, 1.82) is 0 Å². The van der Waals surface area contributed by atoms with Gasteiger partial charge in [-0.25, -0.2) is 0 Å². The van der Waals surface area contributed by atoms with Gasteiger partial charge in [0.25, 0.3) is 0 Å². The highest BCUT2D eigenvalue weighted by Crippen LogP contribution is 2.27. The molecule has 0 spiro atoms. The van der Waals surface area contributed by atoms with Crippen molar-refractivity contribution in [3.05, 3.63) is 0 Å². The lowest BCUT2D eigenvalue weighted by Crippen LogP contribution is -2.19. The fourth-order valence-corrected chi connectivity index (χ4v) is 1.51. The third-order valence-corrected chi connectivity index (χ3v) is 2.37. The monoisotopic (exact) mass is 188 g/mol. The molecule has 1 fully saturated rings. The molecule has 12 heavy (non-hydrogen) atoms. The van der Waals surface area contributed by atoms with Crippen LogP contribution in [-0.4, -0.2) is 16.9 Å². The molecule has 1 N–H and O–H groups in total. The van der Waals surface area contributed by atoms with Crippen LogP contribution in [0.25, 0.3) is 0 Å². The van der Waals surface area contributed by atoms with E-state index in [1.54, 1.807) is 0 Å². The quantitative estimate of drug-likeness (QED) is 0.642. The normalized spacial score (nSPS) is 28.4. The van der Waals surface area contributed by atoms with Crippen LogP contribution in [0.3, 0.4) is 0 Å². The smallest absolute Gasteiger partial charge is 0.306 e. The lowest BCUT2D eigenvalue weighted by molar-refractivity contribution is -0.143. The molecule has 0 aromatic rings. The summed E-state index contributed by atoms with van der Waals surface area (Å²) in [7, 11) is 0. The van der Waals surface area contributed by atoms with Crippen LogP contribution in [0, 0.1) is 11.8 Å². The molecule has 2 nitrogen and oxygen atoms in total. The van der Waals surface area contributed by atoms with Crippen LogP contribution in [0.1, 0.15) is 32.6 Å². The Bertz CT molecular complexity index is 139. The number of carboxylic acids is 1. The van der Waals surface area contributed by atoms with Gasteiger partial charge in [-0.3, -0.25) is 4.79 Å². The Hall–Kier alpha value is -0.440. The molecule has 1 rings (SSSR count). The largest absolute Gasteiger partial charge is 0.481 e. The van der Waals surface area contributed by atoms with Crippen molar-refractivity contribution < 1.29 is 9.90 Å². The molecule has 0 unspecified atom stereocenters. The summed E-state index contributed by atoms with van der Waals surface area (Å²) >= 11 is 3.83. The lowest BCUT2D eigenvalue weighted by atomic mass is 9.83. The van der Waals surface area contributed by atoms with E-state index in [0.717, 1.165) is 31.6 Å². The molecule has 0 amide bonds. The minimum atomic E-state index is -0.605. The lowest BCUT2D eigenvalue weighted by Gasteiger charge is -2.22. The predicted molar refractivity (Wildman–Crippen MR) is 53.5 cm³/mol. The molecule has 0 saturated heterocycles. The van der Waals surface area contributed by atoms with Crippen molar-refractivity contribution in [2.45, 2.75) is 32.6 Å². The van der Waals surface area contributed by atoms with Crippen LogP contribution < -0.4 is 0 Å². The van der Waals surface area contributed by atoms with Crippen LogP contribution in [-0.2, 0) is 4.79 Å². The van der Waals surface area contributed by atoms with Crippen LogP contribution in [0.5, 0.6) is 0 Å². The Kier molecular flexibility index (Phi) is 5.89. The number of thiocarbonyl (C=S) groups is 1. The number of rotatable bonds is 1. The SMILES string of the molecule is C=S.CC1CCC(C(=O)O)CC1. The first-order valence-electron chi connectivity index (χ1n) is 4.22. The maximum absolute atomic E-state index is 10.5. The summed E-state index contributed by atoms with van der Waals surface area (Å²) in [6, 6.07) is 0. The van der Waals surface area contributed by atoms with Crippen LogP contribution >= 0.6 is 12.2 Å². The van der Waals surface area contributed by atoms with Gasteiger partial charge in [-0.2, -0.15) is 0 Å². The van der Waals surface area contributed by atoms with Crippen molar-refractivity contribution in [1.82, 2.24) is 0 Å². The van der Waals surface area contributed by atoms with Gasteiger partial charge in [0.2, 0.25) is 0 Å². The fraction of sp³-hybridized carbons (Fsp3) is 0.778. The van der Waals surface area contributed by atoms with Crippen molar-refractivity contribution in [3.63, 3.8) is 0 Å². The van der Waals surface area contributed by atoms with Gasteiger partial charge in [-0.15, -0.1) is 0 Å². The third-order valence-electron chi connectivity index (χ3n) is 2.37. The average Bonchev–Trinajstić information content (AvgIpc) is 2.09. The molecule has 0 bridgehead atoms. The van der Waals surface area contributed by atoms with Gasteiger partial charge < -0.3 is 5.11 Å². The van der Waals surface area contributed by atoms with Gasteiger partial charge in [-0.05, 0) is 37.5 Å². The Morgan fingerprint density at radius 1 is 1.33 bits per heavy atom. The summed E-state index contributed by atoms with van der Waals surface area (Å²) in [6.07, 6.45) is 3.96. The second-order valence-corrected chi connectivity index (χ2v) is 3.30. The second-order valence-electron chi connectivity index (χ2n) is 3.30. The summed E-state index contributed by atoms with van der Waals surface area (Å²) in [4.78, 5) is 10.5. The number of aliphatic carboxylic acids is 1. The molecular formula is C9H16O2S. The first-order chi connectivity index (χ1) is 5.70. The Labute approximate surface area is 79.0 Å². The zero-order chi connectivity index (χ0) is 9.56. The van der Waals surface area contributed by atoms with Crippen LogP contribution in [0.2, 0.25) is 0 Å². The highest BCUT2D eigenvalue weighted by molar-refractivity contribution is 7.77. The van der Waals surface area contributed by atoms with Crippen molar-refractivity contribution in [2.75, 3.05) is 0 Å². The molecule has 0 aliphatic heterocycles. The summed E-state index contributed by atoms with van der Waals surface area (Å²) in [5.74, 6) is 2.93. The molecule has 0 aromatic heterocycles. The number of hydrogen-bond donors (Lipinski definition) is 1. The van der Waals surface area contributed by atoms with Crippen molar-refractivity contribution in [2.24, 2.45) is 11.8 Å². The minimum Gasteiger partial charge on any atom is -0.481 e. The van der Waals surface area contributed by atoms with E-state index in [1.807, 2.05) is 0 Å². The summed E-state index contributed by atoms with van der Waals surface area (Å²) in [5, 5.41) is 8.62. The molecule has 3 heteroatoms. The first kappa shape index (κ1) is 11.6. The van der Waals surface area contributed by atoms with E-state index in [9.17, 15) is 4.79 Å². The zero-order valence-corrected chi connectivity index (χ0v) is 8.27. The van der Waals surface area contributed by atoms with Crippen molar-refractivity contribution in [3.8, 4) is 0 Å². The van der Waals surface area contributed by atoms with Crippen molar-refractivity contribution >= 4 is 24.1 Å².